The van der Waals surface area contributed by atoms with Crippen molar-refractivity contribution in [1.82, 2.24) is 0 Å². The fraction of sp³-hybridized carbons (Fsp3) is 0.607. The molecular formula is C61H98O5. The van der Waals surface area contributed by atoms with Gasteiger partial charge in [-0.1, -0.05) is 231 Å². The summed E-state index contributed by atoms with van der Waals surface area (Å²) in [6, 6.07) is 0. The van der Waals surface area contributed by atoms with Gasteiger partial charge in [0.1, 0.15) is 6.61 Å². The number of aliphatic hydroxyl groups is 1. The van der Waals surface area contributed by atoms with Crippen LogP contribution in [0.5, 0.6) is 0 Å². The highest BCUT2D eigenvalue weighted by Gasteiger charge is 2.16. The van der Waals surface area contributed by atoms with Crippen molar-refractivity contribution in [1.29, 1.82) is 0 Å². The number of allylic oxidation sites excluding steroid dienone is 22. The SMILES string of the molecule is CC/C=C\C/C=C\C/C=C\C/C=C\C/C=C\C/C=C\C/C=C\CCCCCCCCCCCCCCCC(=O)OC(CO)COC(=O)CCCCCC/C=C\C/C=C\C/C=C\C/C=C\CC. The molecule has 0 aromatic carbocycles. The zero-order valence-corrected chi connectivity index (χ0v) is 42.4. The van der Waals surface area contributed by atoms with Gasteiger partial charge in [0.05, 0.1) is 6.61 Å². The molecule has 0 fully saturated rings. The Balaban J connectivity index is 3.56. The minimum absolute atomic E-state index is 0.0860. The molecule has 0 saturated heterocycles. The van der Waals surface area contributed by atoms with Crippen LogP contribution in [0.1, 0.15) is 219 Å². The van der Waals surface area contributed by atoms with Crippen molar-refractivity contribution >= 4 is 11.9 Å². The minimum atomic E-state index is -0.792. The number of hydrogen-bond donors (Lipinski definition) is 1. The molecule has 1 atom stereocenters. The van der Waals surface area contributed by atoms with Gasteiger partial charge < -0.3 is 14.6 Å². The van der Waals surface area contributed by atoms with E-state index in [-0.39, 0.29) is 25.2 Å². The number of carbonyl (C=O) groups excluding carboxylic acids is 2. The van der Waals surface area contributed by atoms with Crippen LogP contribution < -0.4 is 0 Å². The largest absolute Gasteiger partial charge is 0.462 e. The molecule has 0 amide bonds. The predicted octanol–water partition coefficient (Wildman–Crippen LogP) is 18.1. The lowest BCUT2D eigenvalue weighted by Gasteiger charge is -2.15. The van der Waals surface area contributed by atoms with Crippen molar-refractivity contribution in [2.75, 3.05) is 13.2 Å². The molecule has 0 aliphatic carbocycles. The van der Waals surface area contributed by atoms with Crippen molar-refractivity contribution < 1.29 is 24.2 Å². The molecule has 5 heteroatoms. The lowest BCUT2D eigenvalue weighted by molar-refractivity contribution is -0.161. The van der Waals surface area contributed by atoms with Gasteiger partial charge in [0.2, 0.25) is 0 Å². The molecule has 1 N–H and O–H groups in total. The number of aliphatic hydroxyl groups excluding tert-OH is 1. The third-order valence-corrected chi connectivity index (χ3v) is 10.9. The molecule has 66 heavy (non-hydrogen) atoms. The second-order valence-electron chi connectivity index (χ2n) is 17.2. The van der Waals surface area contributed by atoms with E-state index < -0.39 is 6.10 Å². The van der Waals surface area contributed by atoms with Crippen LogP contribution in [0.4, 0.5) is 0 Å². The summed E-state index contributed by atoms with van der Waals surface area (Å²) in [5.74, 6) is -0.627. The Morgan fingerprint density at radius 2 is 0.606 bits per heavy atom. The fourth-order valence-corrected chi connectivity index (χ4v) is 7.00. The van der Waals surface area contributed by atoms with Gasteiger partial charge in [-0.05, 0) is 109 Å². The maximum atomic E-state index is 12.3. The molecule has 0 aromatic heterocycles. The average molecular weight is 911 g/mol. The van der Waals surface area contributed by atoms with E-state index in [2.05, 4.69) is 148 Å². The first-order valence-corrected chi connectivity index (χ1v) is 26.7. The Labute approximate surface area is 406 Å². The molecule has 0 bridgehead atoms. The third-order valence-electron chi connectivity index (χ3n) is 10.9. The highest BCUT2D eigenvalue weighted by molar-refractivity contribution is 5.70. The van der Waals surface area contributed by atoms with Crippen molar-refractivity contribution in [3.63, 3.8) is 0 Å². The molecule has 0 rings (SSSR count). The van der Waals surface area contributed by atoms with Gasteiger partial charge in [-0.3, -0.25) is 9.59 Å². The van der Waals surface area contributed by atoms with Gasteiger partial charge in [-0.25, -0.2) is 0 Å². The summed E-state index contributed by atoms with van der Waals surface area (Å²) in [5.41, 5.74) is 0. The first-order valence-electron chi connectivity index (χ1n) is 26.7. The summed E-state index contributed by atoms with van der Waals surface area (Å²) in [6.07, 6.45) is 82.7. The molecule has 0 radical (unpaired) electrons. The van der Waals surface area contributed by atoms with Crippen LogP contribution in [0.25, 0.3) is 0 Å². The first kappa shape index (κ1) is 62.0. The van der Waals surface area contributed by atoms with Crippen LogP contribution in [0.2, 0.25) is 0 Å². The van der Waals surface area contributed by atoms with Crippen LogP contribution >= 0.6 is 0 Å². The third kappa shape index (κ3) is 52.7. The summed E-state index contributed by atoms with van der Waals surface area (Å²) in [4.78, 5) is 24.4. The normalized spacial score (nSPS) is 13.3. The van der Waals surface area contributed by atoms with Crippen LogP contribution in [0, 0.1) is 0 Å². The number of carbonyl (C=O) groups is 2. The molecular weight excluding hydrogens is 813 g/mol. The van der Waals surface area contributed by atoms with Gasteiger partial charge in [-0.15, -0.1) is 0 Å². The van der Waals surface area contributed by atoms with Crippen molar-refractivity contribution in [2.45, 2.75) is 225 Å². The van der Waals surface area contributed by atoms with Crippen molar-refractivity contribution in [3.8, 4) is 0 Å². The van der Waals surface area contributed by atoms with E-state index >= 15 is 0 Å². The topological polar surface area (TPSA) is 72.8 Å². The number of hydrogen-bond acceptors (Lipinski definition) is 5. The quantitative estimate of drug-likeness (QED) is 0.0374. The molecule has 0 aliphatic rings. The van der Waals surface area contributed by atoms with E-state index in [1.54, 1.807) is 0 Å². The van der Waals surface area contributed by atoms with Crippen LogP contribution in [-0.2, 0) is 19.1 Å². The Morgan fingerprint density at radius 1 is 0.348 bits per heavy atom. The lowest BCUT2D eigenvalue weighted by Crippen LogP contribution is -2.28. The van der Waals surface area contributed by atoms with E-state index in [0.29, 0.717) is 12.8 Å². The van der Waals surface area contributed by atoms with Gasteiger partial charge in [0.25, 0.3) is 0 Å². The number of ether oxygens (including phenoxy) is 2. The van der Waals surface area contributed by atoms with E-state index in [0.717, 1.165) is 122 Å². The lowest BCUT2D eigenvalue weighted by atomic mass is 10.0. The smallest absolute Gasteiger partial charge is 0.306 e. The van der Waals surface area contributed by atoms with Crippen LogP contribution in [0.3, 0.4) is 0 Å². The highest BCUT2D eigenvalue weighted by atomic mass is 16.6. The molecule has 372 valence electrons. The monoisotopic (exact) mass is 911 g/mol. The van der Waals surface area contributed by atoms with Gasteiger partial charge in [0.15, 0.2) is 6.10 Å². The van der Waals surface area contributed by atoms with Gasteiger partial charge >= 0.3 is 11.9 Å². The second-order valence-corrected chi connectivity index (χ2v) is 17.2. The Bertz CT molecular complexity index is 1400. The van der Waals surface area contributed by atoms with Gasteiger partial charge in [-0.2, -0.15) is 0 Å². The summed E-state index contributed by atoms with van der Waals surface area (Å²) in [7, 11) is 0. The van der Waals surface area contributed by atoms with E-state index in [4.69, 9.17) is 9.47 Å². The standard InChI is InChI=1S/C61H98O5/c1-3-5-7-9-11-13-15-17-19-21-22-23-24-25-26-27-28-29-30-31-32-33-34-35-36-37-38-40-42-44-46-48-50-52-54-56-61(64)66-59(57-62)58-65-60(63)55-53-51-49-47-45-43-41-39-20-18-16-14-12-10-8-6-4-2/h5-8,11-14,17-20,22-23,25-26,28-29,31-32,41,43,59,62H,3-4,9-10,15-16,21,24,27,30,33-40,42,44-58H2,1-2H3/b7-5-,8-6-,13-11-,14-12-,19-17-,20-18-,23-22-,26-25-,29-28-,32-31-,43-41-. The molecule has 0 aromatic rings. The molecule has 1 unspecified atom stereocenters. The van der Waals surface area contributed by atoms with Crippen LogP contribution in [0.15, 0.2) is 134 Å². The Kier molecular flexibility index (Phi) is 52.0. The molecule has 0 aliphatic heterocycles. The maximum absolute atomic E-state index is 12.3. The Morgan fingerprint density at radius 3 is 0.909 bits per heavy atom. The van der Waals surface area contributed by atoms with E-state index in [1.165, 1.54) is 70.6 Å². The van der Waals surface area contributed by atoms with Crippen molar-refractivity contribution in [2.24, 2.45) is 0 Å². The fourth-order valence-electron chi connectivity index (χ4n) is 7.00. The summed E-state index contributed by atoms with van der Waals surface area (Å²) in [5, 5.41) is 9.63. The van der Waals surface area contributed by atoms with E-state index in [9.17, 15) is 14.7 Å². The molecule has 5 nitrogen and oxygen atoms in total. The molecule has 0 spiro atoms. The summed E-state index contributed by atoms with van der Waals surface area (Å²) < 4.78 is 10.7. The minimum Gasteiger partial charge on any atom is -0.462 e. The molecule has 0 heterocycles. The first-order chi connectivity index (χ1) is 32.6. The average Bonchev–Trinajstić information content (AvgIpc) is 3.32. The van der Waals surface area contributed by atoms with E-state index in [1.807, 2.05) is 0 Å². The summed E-state index contributed by atoms with van der Waals surface area (Å²) >= 11 is 0. The highest BCUT2D eigenvalue weighted by Crippen LogP contribution is 2.14. The molecule has 0 saturated carbocycles. The zero-order valence-electron chi connectivity index (χ0n) is 42.4. The number of unbranched alkanes of at least 4 members (excludes halogenated alkanes) is 17. The Hall–Kier alpha value is -3.96. The maximum Gasteiger partial charge on any atom is 0.306 e. The zero-order chi connectivity index (χ0) is 47.7. The predicted molar refractivity (Wildman–Crippen MR) is 288 cm³/mol. The second kappa shape index (κ2) is 55.4. The summed E-state index contributed by atoms with van der Waals surface area (Å²) in [6.45, 7) is 3.88. The number of esters is 2. The van der Waals surface area contributed by atoms with Crippen molar-refractivity contribution in [3.05, 3.63) is 134 Å². The van der Waals surface area contributed by atoms with Gasteiger partial charge in [0, 0.05) is 12.8 Å². The van der Waals surface area contributed by atoms with Crippen LogP contribution in [-0.4, -0.2) is 36.4 Å². The number of rotatable bonds is 47.